The van der Waals surface area contributed by atoms with E-state index in [1.807, 2.05) is 53.4 Å². The summed E-state index contributed by atoms with van der Waals surface area (Å²) in [5, 5.41) is 0. The van der Waals surface area contributed by atoms with E-state index < -0.39 is 5.82 Å². The quantitative estimate of drug-likeness (QED) is 0.321. The Morgan fingerprint density at radius 3 is 2.12 bits per heavy atom. The van der Waals surface area contributed by atoms with Crippen LogP contribution < -0.4 is 4.90 Å². The van der Waals surface area contributed by atoms with Gasteiger partial charge in [0.25, 0.3) is 11.8 Å². The molecule has 4 aromatic carbocycles. The van der Waals surface area contributed by atoms with Crippen molar-refractivity contribution in [2.75, 3.05) is 31.1 Å². The fourth-order valence-corrected chi connectivity index (χ4v) is 5.47. The summed E-state index contributed by atoms with van der Waals surface area (Å²) >= 11 is 0. The average Bonchev–Trinajstić information content (AvgIpc) is 3.23. The molecule has 6 rings (SSSR count). The number of piperazine rings is 1. The first kappa shape index (κ1) is 25.5. The minimum atomic E-state index is -0.411. The van der Waals surface area contributed by atoms with Crippen LogP contribution in [0, 0.1) is 5.82 Å². The highest BCUT2D eigenvalue weighted by molar-refractivity contribution is 6.23. The zero-order valence-electron chi connectivity index (χ0n) is 21.9. The van der Waals surface area contributed by atoms with Gasteiger partial charge in [0, 0.05) is 26.2 Å². The van der Waals surface area contributed by atoms with E-state index >= 15 is 0 Å². The molecular formula is C33H28FN3O3. The van der Waals surface area contributed by atoms with E-state index in [9.17, 15) is 18.8 Å². The molecule has 7 heteroatoms. The minimum absolute atomic E-state index is 0.0121. The van der Waals surface area contributed by atoms with Crippen LogP contribution in [0.15, 0.2) is 97.1 Å². The van der Waals surface area contributed by atoms with Crippen LogP contribution in [0.2, 0.25) is 0 Å². The first-order valence-corrected chi connectivity index (χ1v) is 13.4. The van der Waals surface area contributed by atoms with Crippen molar-refractivity contribution < 1.29 is 18.8 Å². The van der Waals surface area contributed by atoms with Crippen molar-refractivity contribution in [3.05, 3.63) is 125 Å². The number of anilines is 1. The van der Waals surface area contributed by atoms with Gasteiger partial charge in [-0.15, -0.1) is 0 Å². The Balaban J connectivity index is 1.10. The van der Waals surface area contributed by atoms with Crippen molar-refractivity contribution in [2.45, 2.75) is 13.0 Å². The van der Waals surface area contributed by atoms with Gasteiger partial charge >= 0.3 is 0 Å². The third-order valence-corrected chi connectivity index (χ3v) is 7.60. The van der Waals surface area contributed by atoms with Gasteiger partial charge in [-0.05, 0) is 46.5 Å². The molecule has 0 bridgehead atoms. The highest BCUT2D eigenvalue weighted by atomic mass is 19.1. The Bertz CT molecular complexity index is 1580. The molecule has 0 N–H and O–H groups in total. The molecule has 4 aromatic rings. The highest BCUT2D eigenvalue weighted by Gasteiger charge is 2.39. The van der Waals surface area contributed by atoms with Gasteiger partial charge in [0.1, 0.15) is 5.82 Å². The second kappa shape index (κ2) is 10.8. The minimum Gasteiger partial charge on any atom is -0.367 e. The third-order valence-electron chi connectivity index (χ3n) is 7.60. The summed E-state index contributed by atoms with van der Waals surface area (Å²) in [7, 11) is 0. The summed E-state index contributed by atoms with van der Waals surface area (Å²) in [6.07, 6.45) is 0.331. The molecule has 0 aromatic heterocycles. The van der Waals surface area contributed by atoms with Crippen LogP contribution in [0.4, 0.5) is 10.1 Å². The summed E-state index contributed by atoms with van der Waals surface area (Å²) in [6.45, 7) is 2.18. The van der Waals surface area contributed by atoms with Crippen molar-refractivity contribution >= 4 is 23.4 Å². The number of carbonyl (C=O) groups is 3. The molecule has 1 saturated heterocycles. The van der Waals surface area contributed by atoms with Gasteiger partial charge in [0.15, 0.2) is 0 Å². The Labute approximate surface area is 232 Å². The molecule has 40 heavy (non-hydrogen) atoms. The predicted octanol–water partition coefficient (Wildman–Crippen LogP) is 5.18. The normalized spacial score (nSPS) is 15.0. The van der Waals surface area contributed by atoms with E-state index in [-0.39, 0.29) is 24.3 Å². The summed E-state index contributed by atoms with van der Waals surface area (Å²) in [5.41, 5.74) is 5.21. The lowest BCUT2D eigenvalue weighted by molar-refractivity contribution is -0.130. The fourth-order valence-electron chi connectivity index (χ4n) is 5.47. The van der Waals surface area contributed by atoms with Gasteiger partial charge in [-0.25, -0.2) is 4.39 Å². The summed E-state index contributed by atoms with van der Waals surface area (Å²) in [5.74, 6) is -1.10. The molecule has 0 aliphatic carbocycles. The summed E-state index contributed by atoms with van der Waals surface area (Å²) in [4.78, 5) is 44.6. The van der Waals surface area contributed by atoms with Crippen molar-refractivity contribution in [1.82, 2.24) is 9.80 Å². The maximum Gasteiger partial charge on any atom is 0.263 e. The van der Waals surface area contributed by atoms with E-state index in [0.29, 0.717) is 55.0 Å². The van der Waals surface area contributed by atoms with Crippen LogP contribution >= 0.6 is 0 Å². The first-order valence-electron chi connectivity index (χ1n) is 13.4. The number of fused-ring (bicyclic) bond motifs is 1. The van der Waals surface area contributed by atoms with Gasteiger partial charge in [0.2, 0.25) is 5.91 Å². The molecule has 0 saturated carbocycles. The molecule has 0 atom stereocenters. The van der Waals surface area contributed by atoms with Crippen LogP contribution in [0.3, 0.4) is 0 Å². The number of nitrogens with zero attached hydrogens (tertiary/aromatic N) is 3. The average molecular weight is 534 g/mol. The second-order valence-electron chi connectivity index (χ2n) is 10.1. The zero-order chi connectivity index (χ0) is 27.6. The maximum absolute atomic E-state index is 13.7. The Hall–Kier alpha value is -4.78. The van der Waals surface area contributed by atoms with Gasteiger partial charge < -0.3 is 9.80 Å². The number of halogens is 1. The topological polar surface area (TPSA) is 60.9 Å². The first-order chi connectivity index (χ1) is 19.5. The smallest absolute Gasteiger partial charge is 0.263 e. The number of imide groups is 1. The van der Waals surface area contributed by atoms with Crippen LogP contribution in [-0.4, -0.2) is 53.7 Å². The third kappa shape index (κ3) is 4.98. The van der Waals surface area contributed by atoms with Gasteiger partial charge in [-0.2, -0.15) is 0 Å². The predicted molar refractivity (Wildman–Crippen MR) is 151 cm³/mol. The Kier molecular flexibility index (Phi) is 6.86. The molecule has 2 aliphatic rings. The van der Waals surface area contributed by atoms with Crippen LogP contribution in [0.1, 0.15) is 31.8 Å². The maximum atomic E-state index is 13.7. The lowest BCUT2D eigenvalue weighted by atomic mass is 10.0. The van der Waals surface area contributed by atoms with Crippen molar-refractivity contribution in [3.63, 3.8) is 0 Å². The SMILES string of the molecule is O=C(Cc1ccc(-c2ccccc2)cc1)N1CCN(c2cccc3c2C(=O)N(Cc2cccc(F)c2)C3=O)CC1. The monoisotopic (exact) mass is 533 g/mol. The largest absolute Gasteiger partial charge is 0.367 e. The number of amides is 3. The molecule has 1 fully saturated rings. The zero-order valence-corrected chi connectivity index (χ0v) is 21.9. The van der Waals surface area contributed by atoms with Gasteiger partial charge in [-0.1, -0.05) is 72.8 Å². The van der Waals surface area contributed by atoms with E-state index in [1.165, 1.54) is 17.0 Å². The summed E-state index contributed by atoms with van der Waals surface area (Å²) in [6, 6.07) is 29.4. The van der Waals surface area contributed by atoms with Gasteiger partial charge in [0.05, 0.1) is 29.8 Å². The number of hydrogen-bond donors (Lipinski definition) is 0. The number of rotatable bonds is 6. The molecule has 0 unspecified atom stereocenters. The molecule has 6 nitrogen and oxygen atoms in total. The molecule has 2 aliphatic heterocycles. The number of carbonyl (C=O) groups excluding carboxylic acids is 3. The Morgan fingerprint density at radius 1 is 0.700 bits per heavy atom. The molecule has 0 radical (unpaired) electrons. The van der Waals surface area contributed by atoms with E-state index in [2.05, 4.69) is 17.0 Å². The molecular weight excluding hydrogens is 505 g/mol. The fraction of sp³-hybridized carbons (Fsp3) is 0.182. The van der Waals surface area contributed by atoms with Gasteiger partial charge in [-0.3, -0.25) is 19.3 Å². The molecule has 3 amide bonds. The Morgan fingerprint density at radius 2 is 1.40 bits per heavy atom. The van der Waals surface area contributed by atoms with Crippen LogP contribution in [0.25, 0.3) is 11.1 Å². The molecule has 2 heterocycles. The number of hydrogen-bond acceptors (Lipinski definition) is 4. The molecule has 0 spiro atoms. The van der Waals surface area contributed by atoms with Crippen LogP contribution in [-0.2, 0) is 17.8 Å². The summed E-state index contributed by atoms with van der Waals surface area (Å²) < 4.78 is 13.7. The lowest BCUT2D eigenvalue weighted by Crippen LogP contribution is -2.49. The van der Waals surface area contributed by atoms with E-state index in [0.717, 1.165) is 16.7 Å². The highest BCUT2D eigenvalue weighted by Crippen LogP contribution is 2.33. The lowest BCUT2D eigenvalue weighted by Gasteiger charge is -2.36. The van der Waals surface area contributed by atoms with E-state index in [4.69, 9.17) is 0 Å². The van der Waals surface area contributed by atoms with Crippen molar-refractivity contribution in [1.29, 1.82) is 0 Å². The standard InChI is InChI=1S/C33H28FN3O3/c34-27-9-4-6-24(20-27)22-37-32(39)28-10-5-11-29(31(28)33(37)40)35-16-18-36(19-17-35)30(38)21-23-12-14-26(15-13-23)25-7-2-1-3-8-25/h1-15,20H,16-19,21-22H2. The second-order valence-corrected chi connectivity index (χ2v) is 10.1. The molecule has 200 valence electrons. The number of benzene rings is 4. The van der Waals surface area contributed by atoms with Crippen molar-refractivity contribution in [3.8, 4) is 11.1 Å². The van der Waals surface area contributed by atoms with Crippen LogP contribution in [0.5, 0.6) is 0 Å². The van der Waals surface area contributed by atoms with E-state index in [1.54, 1.807) is 24.3 Å². The van der Waals surface area contributed by atoms with Crippen molar-refractivity contribution in [2.24, 2.45) is 0 Å².